The summed E-state index contributed by atoms with van der Waals surface area (Å²) in [4.78, 5) is 15.8. The van der Waals surface area contributed by atoms with Crippen molar-refractivity contribution in [3.05, 3.63) is 137 Å². The molecule has 0 saturated heterocycles. The summed E-state index contributed by atoms with van der Waals surface area (Å²) in [7, 11) is 0. The van der Waals surface area contributed by atoms with Crippen molar-refractivity contribution in [1.82, 2.24) is 24.6 Å². The molecule has 6 rings (SSSR count). The minimum atomic E-state index is -0.325. The zero-order chi connectivity index (χ0) is 26.2. The van der Waals surface area contributed by atoms with Crippen LogP contribution in [0.4, 0.5) is 9.18 Å². The van der Waals surface area contributed by atoms with Gasteiger partial charge in [-0.1, -0.05) is 60.2 Å². The van der Waals surface area contributed by atoms with Crippen molar-refractivity contribution < 1.29 is 9.18 Å². The summed E-state index contributed by atoms with van der Waals surface area (Å²) in [6.45, 7) is 4.73. The Hall–Kier alpha value is -4.65. The molecule has 0 bridgehead atoms. The maximum Gasteiger partial charge on any atom is 0.318 e. The van der Waals surface area contributed by atoms with Crippen LogP contribution in [0.2, 0.25) is 0 Å². The lowest BCUT2D eigenvalue weighted by atomic mass is 10.00. The minimum Gasteiger partial charge on any atom is -0.334 e. The van der Waals surface area contributed by atoms with E-state index in [0.717, 1.165) is 45.1 Å². The second-order valence-electron chi connectivity index (χ2n) is 9.67. The Morgan fingerprint density at radius 3 is 2.53 bits per heavy atom. The molecule has 1 unspecified atom stereocenters. The van der Waals surface area contributed by atoms with Crippen LogP contribution in [0, 0.1) is 19.7 Å². The second-order valence-corrected chi connectivity index (χ2v) is 9.67. The Morgan fingerprint density at radius 1 is 0.974 bits per heavy atom. The van der Waals surface area contributed by atoms with E-state index in [1.165, 1.54) is 12.1 Å². The van der Waals surface area contributed by atoms with Crippen LogP contribution in [0.15, 0.2) is 97.2 Å². The van der Waals surface area contributed by atoms with Crippen molar-refractivity contribution in [2.45, 2.75) is 33.0 Å². The number of rotatable bonds is 4. The first-order valence-electron chi connectivity index (χ1n) is 12.7. The highest BCUT2D eigenvalue weighted by Crippen LogP contribution is 2.38. The number of nitrogens with one attached hydrogen (secondary N) is 1. The van der Waals surface area contributed by atoms with E-state index in [1.54, 1.807) is 12.1 Å². The Labute approximate surface area is 221 Å². The number of benzene rings is 3. The molecule has 1 aliphatic rings. The number of fused-ring (bicyclic) bond motifs is 3. The molecule has 0 aliphatic carbocycles. The Bertz CT molecular complexity index is 1600. The number of nitrogens with zero attached hydrogens (tertiary/aromatic N) is 4. The number of carbonyl (C=O) groups excluding carboxylic acids is 1. The molecular formula is C31H28FN5O. The first kappa shape index (κ1) is 23.7. The van der Waals surface area contributed by atoms with Gasteiger partial charge in [0.25, 0.3) is 0 Å². The average Bonchev–Trinajstić information content (AvgIpc) is 3.49. The van der Waals surface area contributed by atoms with E-state index in [4.69, 9.17) is 5.10 Å². The standard InChI is InChI=1S/C31H28FN5O/c1-21-8-6-9-24(18-21)29-28-12-7-17-35(28)30-27(22(2)34-37(30)26-10-4-3-5-11-26)20-36(29)31(38)33-19-23-13-15-25(32)16-14-23/h3-18,29H,19-20H2,1-2H3,(H,33,38). The molecule has 0 spiro atoms. The summed E-state index contributed by atoms with van der Waals surface area (Å²) in [5.41, 5.74) is 6.77. The van der Waals surface area contributed by atoms with Gasteiger partial charge in [-0.05, 0) is 61.4 Å². The number of hydrogen-bond donors (Lipinski definition) is 1. The van der Waals surface area contributed by atoms with Crippen LogP contribution in [0.25, 0.3) is 11.5 Å². The van der Waals surface area contributed by atoms with Crippen molar-refractivity contribution in [2.75, 3.05) is 0 Å². The fourth-order valence-electron chi connectivity index (χ4n) is 5.22. The van der Waals surface area contributed by atoms with Gasteiger partial charge in [0, 0.05) is 18.3 Å². The van der Waals surface area contributed by atoms with Crippen molar-refractivity contribution in [3.63, 3.8) is 0 Å². The zero-order valence-corrected chi connectivity index (χ0v) is 21.3. The van der Waals surface area contributed by atoms with Crippen molar-refractivity contribution in [2.24, 2.45) is 0 Å². The zero-order valence-electron chi connectivity index (χ0n) is 21.3. The lowest BCUT2D eigenvalue weighted by Gasteiger charge is -2.31. The number of aromatic nitrogens is 3. The summed E-state index contributed by atoms with van der Waals surface area (Å²) in [5, 5.41) is 7.96. The van der Waals surface area contributed by atoms with Crippen LogP contribution >= 0.6 is 0 Å². The molecule has 2 aromatic heterocycles. The molecule has 3 aromatic carbocycles. The first-order valence-corrected chi connectivity index (χ1v) is 12.7. The highest BCUT2D eigenvalue weighted by molar-refractivity contribution is 5.76. The topological polar surface area (TPSA) is 55.1 Å². The van der Waals surface area contributed by atoms with E-state index in [9.17, 15) is 9.18 Å². The summed E-state index contributed by atoms with van der Waals surface area (Å²) < 4.78 is 17.5. The molecule has 1 N–H and O–H groups in total. The monoisotopic (exact) mass is 505 g/mol. The van der Waals surface area contributed by atoms with Crippen LogP contribution in [-0.4, -0.2) is 25.3 Å². The van der Waals surface area contributed by atoms with E-state index in [0.29, 0.717) is 13.1 Å². The highest BCUT2D eigenvalue weighted by atomic mass is 19.1. The Kier molecular flexibility index (Phi) is 6.04. The number of halogens is 1. The summed E-state index contributed by atoms with van der Waals surface area (Å²) in [6, 6.07) is 28.1. The predicted octanol–water partition coefficient (Wildman–Crippen LogP) is 6.23. The largest absolute Gasteiger partial charge is 0.334 e. The third kappa shape index (κ3) is 4.26. The normalized spacial score (nSPS) is 14.5. The quantitative estimate of drug-likeness (QED) is 0.315. The van der Waals surface area contributed by atoms with Gasteiger partial charge in [-0.2, -0.15) is 5.10 Å². The van der Waals surface area contributed by atoms with Crippen molar-refractivity contribution >= 4 is 6.03 Å². The van der Waals surface area contributed by atoms with E-state index in [2.05, 4.69) is 41.1 Å². The molecule has 5 aromatic rings. The molecule has 190 valence electrons. The lowest BCUT2D eigenvalue weighted by molar-refractivity contribution is 0.180. The van der Waals surface area contributed by atoms with E-state index >= 15 is 0 Å². The maximum absolute atomic E-state index is 13.9. The van der Waals surface area contributed by atoms with Crippen LogP contribution in [0.1, 0.15) is 39.7 Å². The van der Waals surface area contributed by atoms with Gasteiger partial charge in [0.15, 0.2) is 0 Å². The lowest BCUT2D eigenvalue weighted by Crippen LogP contribution is -2.41. The maximum atomic E-state index is 13.9. The molecule has 0 fully saturated rings. The third-order valence-corrected chi connectivity index (χ3v) is 7.06. The Balaban J connectivity index is 1.47. The van der Waals surface area contributed by atoms with Crippen LogP contribution in [0.5, 0.6) is 0 Å². The van der Waals surface area contributed by atoms with E-state index in [-0.39, 0.29) is 17.9 Å². The number of urea groups is 1. The molecule has 38 heavy (non-hydrogen) atoms. The number of aryl methyl sites for hydroxylation is 2. The number of hydrogen-bond acceptors (Lipinski definition) is 2. The molecule has 2 amide bonds. The number of carbonyl (C=O) groups is 1. The molecular weight excluding hydrogens is 477 g/mol. The van der Waals surface area contributed by atoms with Gasteiger partial charge in [-0.3, -0.25) is 0 Å². The van der Waals surface area contributed by atoms with Crippen molar-refractivity contribution in [3.8, 4) is 11.5 Å². The highest BCUT2D eigenvalue weighted by Gasteiger charge is 2.35. The smallest absolute Gasteiger partial charge is 0.318 e. The average molecular weight is 506 g/mol. The SMILES string of the molecule is Cc1cccc(C2c3cccn3-c3c(c(C)nn3-c3ccccc3)CN2C(=O)NCc2ccc(F)cc2)c1. The fraction of sp³-hybridized carbons (Fsp3) is 0.161. The van der Waals surface area contributed by atoms with Crippen LogP contribution < -0.4 is 5.32 Å². The molecule has 0 radical (unpaired) electrons. The van der Waals surface area contributed by atoms with Gasteiger partial charge in [-0.15, -0.1) is 0 Å². The number of amides is 2. The molecule has 0 saturated carbocycles. The van der Waals surface area contributed by atoms with E-state index < -0.39 is 0 Å². The summed E-state index contributed by atoms with van der Waals surface area (Å²) >= 11 is 0. The van der Waals surface area contributed by atoms with Gasteiger partial charge in [0.2, 0.25) is 0 Å². The molecule has 1 atom stereocenters. The van der Waals surface area contributed by atoms with E-state index in [1.807, 2.05) is 65.2 Å². The molecule has 6 nitrogen and oxygen atoms in total. The predicted molar refractivity (Wildman–Crippen MR) is 145 cm³/mol. The second kappa shape index (κ2) is 9.67. The Morgan fingerprint density at radius 2 is 1.76 bits per heavy atom. The van der Waals surface area contributed by atoms with Gasteiger partial charge < -0.3 is 14.8 Å². The minimum absolute atomic E-state index is 0.201. The third-order valence-electron chi connectivity index (χ3n) is 7.06. The van der Waals surface area contributed by atoms with Gasteiger partial charge in [0.1, 0.15) is 11.6 Å². The molecule has 3 heterocycles. The molecule has 7 heteroatoms. The van der Waals surface area contributed by atoms with Crippen LogP contribution in [0.3, 0.4) is 0 Å². The number of para-hydroxylation sites is 1. The molecule has 1 aliphatic heterocycles. The summed E-state index contributed by atoms with van der Waals surface area (Å²) in [5.74, 6) is 0.631. The van der Waals surface area contributed by atoms with Gasteiger partial charge >= 0.3 is 6.03 Å². The summed E-state index contributed by atoms with van der Waals surface area (Å²) in [6.07, 6.45) is 2.04. The van der Waals surface area contributed by atoms with Gasteiger partial charge in [0.05, 0.1) is 29.7 Å². The first-order chi connectivity index (χ1) is 18.5. The van der Waals surface area contributed by atoms with Crippen LogP contribution in [-0.2, 0) is 13.1 Å². The van der Waals surface area contributed by atoms with Gasteiger partial charge in [-0.25, -0.2) is 13.9 Å². The fourth-order valence-corrected chi connectivity index (χ4v) is 5.22. The van der Waals surface area contributed by atoms with Crippen molar-refractivity contribution in [1.29, 1.82) is 0 Å².